The van der Waals surface area contributed by atoms with Gasteiger partial charge in [0.15, 0.2) is 0 Å². The molecule has 0 radical (unpaired) electrons. The number of nitrogens with zero attached hydrogens (tertiary/aromatic N) is 2. The highest BCUT2D eigenvalue weighted by atomic mass is 32.2. The molecule has 0 saturated heterocycles. The second-order valence-corrected chi connectivity index (χ2v) is 10.3. The topological polar surface area (TPSA) is 85.2 Å². The van der Waals surface area contributed by atoms with E-state index in [0.29, 0.717) is 22.9 Å². The van der Waals surface area contributed by atoms with Gasteiger partial charge in [0.1, 0.15) is 29.2 Å². The van der Waals surface area contributed by atoms with E-state index in [0.717, 1.165) is 35.0 Å². The molecular weight excluding hydrogens is 479 g/mol. The summed E-state index contributed by atoms with van der Waals surface area (Å²) >= 11 is 0. The minimum absolute atomic E-state index is 0.0240. The van der Waals surface area contributed by atoms with Gasteiger partial charge in [-0.2, -0.15) is 5.10 Å². The van der Waals surface area contributed by atoms with Gasteiger partial charge in [0.05, 0.1) is 28.3 Å². The number of benzene rings is 3. The summed E-state index contributed by atoms with van der Waals surface area (Å²) in [4.78, 5) is 12.7. The number of rotatable bonds is 9. The van der Waals surface area contributed by atoms with Gasteiger partial charge in [-0.1, -0.05) is 6.07 Å². The zero-order chi connectivity index (χ0) is 25.2. The van der Waals surface area contributed by atoms with E-state index in [1.165, 1.54) is 12.1 Å². The van der Waals surface area contributed by atoms with Crippen molar-refractivity contribution in [3.05, 3.63) is 78.2 Å². The number of hydrogen-bond donors (Lipinski definition) is 2. The first kappa shape index (κ1) is 24.1. The van der Waals surface area contributed by atoms with Gasteiger partial charge >= 0.3 is 0 Å². The average Bonchev–Trinajstić information content (AvgIpc) is 3.64. The number of hydrogen-bond acceptors (Lipinski definition) is 4. The molecular formula is C27H27FN4O3S. The number of anilines is 1. The third-order valence-corrected chi connectivity index (χ3v) is 7.35. The molecule has 1 amide bonds. The third-order valence-electron chi connectivity index (χ3n) is 6.05. The molecule has 1 aliphatic rings. The SMILES string of the molecule is Cc1ccc(S(=O)N[C@@H](C)COc2ccc3c(cnn3-c3ccc(F)cc3)c2)cc1NC(=O)C1CC1. The summed E-state index contributed by atoms with van der Waals surface area (Å²) in [6, 6.07) is 17.0. The number of aryl methyl sites for hydroxylation is 1. The van der Waals surface area contributed by atoms with Gasteiger partial charge in [-0.05, 0) is 86.8 Å². The smallest absolute Gasteiger partial charge is 0.227 e. The lowest BCUT2D eigenvalue weighted by molar-refractivity contribution is -0.117. The van der Waals surface area contributed by atoms with Crippen molar-refractivity contribution < 1.29 is 18.1 Å². The van der Waals surface area contributed by atoms with Gasteiger partial charge in [0.25, 0.3) is 0 Å². The van der Waals surface area contributed by atoms with Crippen LogP contribution in [0, 0.1) is 18.7 Å². The molecule has 9 heteroatoms. The molecule has 3 aromatic carbocycles. The summed E-state index contributed by atoms with van der Waals surface area (Å²) in [6.45, 7) is 4.12. The lowest BCUT2D eigenvalue weighted by atomic mass is 10.2. The summed E-state index contributed by atoms with van der Waals surface area (Å²) in [5.74, 6) is 0.500. The quantitative estimate of drug-likeness (QED) is 0.338. The molecule has 2 atom stereocenters. The van der Waals surface area contributed by atoms with Crippen LogP contribution >= 0.6 is 0 Å². The Labute approximate surface area is 211 Å². The number of fused-ring (bicyclic) bond motifs is 1. The van der Waals surface area contributed by atoms with Crippen LogP contribution in [0.5, 0.6) is 5.75 Å². The highest BCUT2D eigenvalue weighted by Gasteiger charge is 2.29. The fraction of sp³-hybridized carbons (Fsp3) is 0.259. The minimum atomic E-state index is -1.46. The number of nitrogens with one attached hydrogen (secondary N) is 2. The van der Waals surface area contributed by atoms with Crippen LogP contribution in [-0.4, -0.2) is 32.5 Å². The maximum absolute atomic E-state index is 13.2. The predicted octanol–water partition coefficient (Wildman–Crippen LogP) is 4.90. The Morgan fingerprint density at radius 3 is 2.69 bits per heavy atom. The average molecular weight is 507 g/mol. The lowest BCUT2D eigenvalue weighted by Gasteiger charge is -2.16. The van der Waals surface area contributed by atoms with Gasteiger partial charge in [0, 0.05) is 17.0 Å². The van der Waals surface area contributed by atoms with Crippen molar-refractivity contribution in [3.8, 4) is 11.4 Å². The standard InChI is InChI=1S/C27H27FN4O3S/c1-17-3-11-24(14-25(17)30-27(33)19-4-5-19)36(34)31-18(2)16-35-23-10-12-26-20(13-23)15-29-32(26)22-8-6-21(28)7-9-22/h3,6-15,18-19,31H,4-5,16H2,1-2H3,(H,30,33)/t18-,36?/m0/s1. The highest BCUT2D eigenvalue weighted by Crippen LogP contribution is 2.31. The molecule has 0 bridgehead atoms. The molecule has 2 N–H and O–H groups in total. The van der Waals surface area contributed by atoms with Crippen molar-refractivity contribution in [1.82, 2.24) is 14.5 Å². The Kier molecular flexibility index (Phi) is 6.84. The van der Waals surface area contributed by atoms with Crippen molar-refractivity contribution in [2.45, 2.75) is 37.6 Å². The first-order valence-corrected chi connectivity index (χ1v) is 13.0. The zero-order valence-electron chi connectivity index (χ0n) is 20.0. The second kappa shape index (κ2) is 10.2. The molecule has 186 valence electrons. The van der Waals surface area contributed by atoms with Crippen molar-refractivity contribution in [2.75, 3.05) is 11.9 Å². The number of carbonyl (C=O) groups excluding carboxylic acids is 1. The molecule has 1 unspecified atom stereocenters. The highest BCUT2D eigenvalue weighted by molar-refractivity contribution is 7.83. The monoisotopic (exact) mass is 506 g/mol. The van der Waals surface area contributed by atoms with Gasteiger partial charge in [0.2, 0.25) is 5.91 Å². The summed E-state index contributed by atoms with van der Waals surface area (Å²) in [6.07, 6.45) is 3.59. The molecule has 36 heavy (non-hydrogen) atoms. The summed E-state index contributed by atoms with van der Waals surface area (Å²) in [5.41, 5.74) is 3.27. The number of ether oxygens (including phenoxy) is 1. The van der Waals surface area contributed by atoms with Gasteiger partial charge < -0.3 is 10.1 Å². The van der Waals surface area contributed by atoms with Crippen LogP contribution in [-0.2, 0) is 15.8 Å². The van der Waals surface area contributed by atoms with Crippen LogP contribution in [0.15, 0.2) is 71.8 Å². The van der Waals surface area contributed by atoms with Gasteiger partial charge in [-0.25, -0.2) is 18.0 Å². The van der Waals surface area contributed by atoms with E-state index in [2.05, 4.69) is 15.1 Å². The summed E-state index contributed by atoms with van der Waals surface area (Å²) in [5, 5.41) is 8.25. The van der Waals surface area contributed by atoms with Crippen molar-refractivity contribution >= 4 is 33.5 Å². The molecule has 0 aliphatic heterocycles. The third kappa shape index (κ3) is 5.47. The second-order valence-electron chi connectivity index (χ2n) is 9.09. The van der Waals surface area contributed by atoms with E-state index in [9.17, 15) is 13.4 Å². The van der Waals surface area contributed by atoms with Gasteiger partial charge in [-0.15, -0.1) is 0 Å². The molecule has 5 rings (SSSR count). The zero-order valence-corrected chi connectivity index (χ0v) is 20.8. The maximum atomic E-state index is 13.2. The van der Waals surface area contributed by atoms with Crippen LogP contribution < -0.4 is 14.8 Å². The maximum Gasteiger partial charge on any atom is 0.227 e. The van der Waals surface area contributed by atoms with Crippen molar-refractivity contribution in [2.24, 2.45) is 5.92 Å². The lowest BCUT2D eigenvalue weighted by Crippen LogP contribution is -2.33. The molecule has 7 nitrogen and oxygen atoms in total. The molecule has 1 aliphatic carbocycles. The van der Waals surface area contributed by atoms with E-state index >= 15 is 0 Å². The molecule has 1 aromatic heterocycles. The Morgan fingerprint density at radius 2 is 1.94 bits per heavy atom. The fourth-order valence-corrected chi connectivity index (χ4v) is 4.81. The Bertz CT molecular complexity index is 1430. The molecule has 0 spiro atoms. The van der Waals surface area contributed by atoms with Crippen molar-refractivity contribution in [1.29, 1.82) is 0 Å². The number of amides is 1. The normalized spacial score (nSPS) is 15.0. The predicted molar refractivity (Wildman–Crippen MR) is 138 cm³/mol. The van der Waals surface area contributed by atoms with Crippen LogP contribution in [0.3, 0.4) is 0 Å². The fourth-order valence-electron chi connectivity index (χ4n) is 3.83. The van der Waals surface area contributed by atoms with E-state index in [1.807, 2.05) is 38.1 Å². The minimum Gasteiger partial charge on any atom is -0.492 e. The Hall–Kier alpha value is -3.56. The van der Waals surface area contributed by atoms with Gasteiger partial charge in [-0.3, -0.25) is 4.79 Å². The number of carbonyl (C=O) groups is 1. The molecule has 1 heterocycles. The first-order chi connectivity index (χ1) is 17.4. The first-order valence-electron chi connectivity index (χ1n) is 11.8. The van der Waals surface area contributed by atoms with E-state index < -0.39 is 11.0 Å². The molecule has 1 saturated carbocycles. The summed E-state index contributed by atoms with van der Waals surface area (Å²) < 4.78 is 36.9. The van der Waals surface area contributed by atoms with Crippen LogP contribution in [0.25, 0.3) is 16.6 Å². The Balaban J connectivity index is 1.19. The number of aromatic nitrogens is 2. The van der Waals surface area contributed by atoms with Crippen LogP contribution in [0.4, 0.5) is 10.1 Å². The van der Waals surface area contributed by atoms with Crippen LogP contribution in [0.2, 0.25) is 0 Å². The van der Waals surface area contributed by atoms with E-state index in [-0.39, 0.29) is 23.7 Å². The summed E-state index contributed by atoms with van der Waals surface area (Å²) in [7, 11) is -1.46. The van der Waals surface area contributed by atoms with Crippen LogP contribution in [0.1, 0.15) is 25.3 Å². The van der Waals surface area contributed by atoms with E-state index in [1.54, 1.807) is 35.1 Å². The number of halogens is 1. The van der Waals surface area contributed by atoms with Crippen molar-refractivity contribution in [3.63, 3.8) is 0 Å². The largest absolute Gasteiger partial charge is 0.492 e. The van der Waals surface area contributed by atoms with E-state index in [4.69, 9.17) is 4.74 Å². The molecule has 4 aromatic rings. The Morgan fingerprint density at radius 1 is 1.17 bits per heavy atom. The molecule has 1 fully saturated rings.